The highest BCUT2D eigenvalue weighted by Crippen LogP contribution is 2.53. The fraction of sp³-hybridized carbons (Fsp3) is 0.714. The van der Waals surface area contributed by atoms with E-state index in [4.69, 9.17) is 5.73 Å². The van der Waals surface area contributed by atoms with Gasteiger partial charge in [0, 0.05) is 47.9 Å². The average Bonchev–Trinajstić information content (AvgIpc) is 2.77. The van der Waals surface area contributed by atoms with Gasteiger partial charge in [-0.2, -0.15) is 0 Å². The molecular weight excluding hydrogens is 242 g/mol. The largest absolute Gasteiger partial charge is 0.327 e. The molecule has 0 spiro atoms. The lowest BCUT2D eigenvalue weighted by Crippen LogP contribution is -2.78. The van der Waals surface area contributed by atoms with E-state index in [9.17, 15) is 0 Å². The van der Waals surface area contributed by atoms with Gasteiger partial charge < -0.3 is 5.73 Å². The van der Waals surface area contributed by atoms with Crippen molar-refractivity contribution in [1.29, 1.82) is 0 Å². The van der Waals surface area contributed by atoms with E-state index >= 15 is 0 Å². The van der Waals surface area contributed by atoms with E-state index in [1.165, 1.54) is 4.88 Å². The van der Waals surface area contributed by atoms with Crippen molar-refractivity contribution >= 4 is 11.3 Å². The third-order valence-electron chi connectivity index (χ3n) is 5.25. The third-order valence-corrected chi connectivity index (χ3v) is 6.16. The van der Waals surface area contributed by atoms with Crippen molar-refractivity contribution < 1.29 is 0 Å². The Bertz CT molecular complexity index is 431. The predicted octanol–water partition coefficient (Wildman–Crippen LogP) is 1.73. The summed E-state index contributed by atoms with van der Waals surface area (Å²) in [5.41, 5.74) is 7.10. The van der Waals surface area contributed by atoms with Gasteiger partial charge in [0.1, 0.15) is 0 Å². The summed E-state index contributed by atoms with van der Waals surface area (Å²) in [6, 6.07) is 4.80. The lowest BCUT2D eigenvalue weighted by atomic mass is 9.59. The number of nitrogens with zero attached hydrogens (tertiary/aromatic N) is 2. The number of nitrogens with two attached hydrogens (primary N) is 1. The molecule has 5 rings (SSSR count). The minimum Gasteiger partial charge on any atom is -0.327 e. The van der Waals surface area contributed by atoms with E-state index in [1.807, 2.05) is 11.3 Å². The first-order chi connectivity index (χ1) is 8.52. The van der Waals surface area contributed by atoms with Crippen LogP contribution in [0.4, 0.5) is 0 Å². The van der Waals surface area contributed by atoms with E-state index in [0.717, 1.165) is 26.2 Å². The molecule has 4 aliphatic rings. The summed E-state index contributed by atoms with van der Waals surface area (Å²) in [6.07, 6.45) is 0.513. The summed E-state index contributed by atoms with van der Waals surface area (Å²) >= 11 is 1.89. The maximum atomic E-state index is 6.55. The maximum Gasteiger partial charge on any atom is 0.0981 e. The molecule has 1 aromatic rings. The van der Waals surface area contributed by atoms with Crippen LogP contribution in [-0.4, -0.2) is 42.0 Å². The molecule has 0 saturated carbocycles. The van der Waals surface area contributed by atoms with Crippen LogP contribution in [0.1, 0.15) is 24.9 Å². The second kappa shape index (κ2) is 3.37. The zero-order valence-electron chi connectivity index (χ0n) is 11.1. The molecule has 4 heteroatoms. The van der Waals surface area contributed by atoms with Gasteiger partial charge in [-0.1, -0.05) is 19.9 Å². The monoisotopic (exact) mass is 263 g/mol. The lowest BCUT2D eigenvalue weighted by molar-refractivity contribution is -0.205. The van der Waals surface area contributed by atoms with Gasteiger partial charge in [-0.25, -0.2) is 0 Å². The molecule has 0 unspecified atom stereocenters. The van der Waals surface area contributed by atoms with Crippen LogP contribution in [0.25, 0.3) is 0 Å². The molecule has 4 aliphatic heterocycles. The van der Waals surface area contributed by atoms with Gasteiger partial charge in [0.2, 0.25) is 0 Å². The third kappa shape index (κ3) is 1.29. The van der Waals surface area contributed by atoms with E-state index in [0.29, 0.717) is 12.2 Å². The van der Waals surface area contributed by atoms with Crippen LogP contribution in [0.15, 0.2) is 17.5 Å². The van der Waals surface area contributed by atoms with Crippen LogP contribution in [0, 0.1) is 10.8 Å². The molecule has 0 aliphatic carbocycles. The Balaban J connectivity index is 1.75. The van der Waals surface area contributed by atoms with Gasteiger partial charge in [-0.05, 0) is 11.4 Å². The van der Waals surface area contributed by atoms with Gasteiger partial charge >= 0.3 is 0 Å². The molecule has 1 aromatic heterocycles. The highest BCUT2D eigenvalue weighted by atomic mass is 32.1. The molecule has 0 aromatic carbocycles. The summed E-state index contributed by atoms with van der Waals surface area (Å²) in [6.45, 7) is 9.37. The number of hydrogen-bond donors (Lipinski definition) is 1. The van der Waals surface area contributed by atoms with Crippen LogP contribution < -0.4 is 5.73 Å². The summed E-state index contributed by atoms with van der Waals surface area (Å²) in [7, 11) is 0. The van der Waals surface area contributed by atoms with Crippen molar-refractivity contribution in [2.45, 2.75) is 26.1 Å². The van der Waals surface area contributed by atoms with Gasteiger partial charge in [0.05, 0.1) is 6.17 Å². The SMILES string of the molecule is CC12CN3CC(C)(CN(C1)C3c1cccs1)C2N. The Labute approximate surface area is 113 Å². The zero-order valence-corrected chi connectivity index (χ0v) is 11.9. The topological polar surface area (TPSA) is 32.5 Å². The highest BCUT2D eigenvalue weighted by Gasteiger charge is 2.61. The Morgan fingerprint density at radius 2 is 1.72 bits per heavy atom. The molecule has 4 bridgehead atoms. The van der Waals surface area contributed by atoms with Gasteiger partial charge in [-0.15, -0.1) is 11.3 Å². The first-order valence-corrected chi connectivity index (χ1v) is 7.67. The minimum atomic E-state index is 0.277. The van der Waals surface area contributed by atoms with Crippen LogP contribution in [-0.2, 0) is 0 Å². The first kappa shape index (κ1) is 11.4. The molecule has 4 fully saturated rings. The Hall–Kier alpha value is -0.420. The smallest absolute Gasteiger partial charge is 0.0981 e. The van der Waals surface area contributed by atoms with Crippen molar-refractivity contribution in [3.63, 3.8) is 0 Å². The molecular formula is C14H21N3S. The summed E-state index contributed by atoms with van der Waals surface area (Å²) in [5, 5.41) is 2.19. The fourth-order valence-electron chi connectivity index (χ4n) is 4.68. The number of thiophene rings is 1. The van der Waals surface area contributed by atoms with Crippen LogP contribution >= 0.6 is 11.3 Å². The normalized spacial score (nSPS) is 53.9. The van der Waals surface area contributed by atoms with Crippen molar-refractivity contribution in [2.75, 3.05) is 26.2 Å². The molecule has 0 radical (unpaired) electrons. The molecule has 0 atom stereocenters. The molecule has 0 amide bonds. The number of piperidine rings is 2. The van der Waals surface area contributed by atoms with Crippen LogP contribution in [0.5, 0.6) is 0 Å². The molecule has 98 valence electrons. The fourth-order valence-corrected chi connectivity index (χ4v) is 5.57. The van der Waals surface area contributed by atoms with Gasteiger partial charge in [-0.3, -0.25) is 9.80 Å². The van der Waals surface area contributed by atoms with Crippen LogP contribution in [0.2, 0.25) is 0 Å². The predicted molar refractivity (Wildman–Crippen MR) is 74.4 cm³/mol. The molecule has 5 heterocycles. The Kier molecular flexibility index (Phi) is 2.13. The first-order valence-electron chi connectivity index (χ1n) is 6.79. The highest BCUT2D eigenvalue weighted by molar-refractivity contribution is 7.10. The number of rotatable bonds is 1. The molecule has 18 heavy (non-hydrogen) atoms. The van der Waals surface area contributed by atoms with E-state index in [1.54, 1.807) is 0 Å². The van der Waals surface area contributed by atoms with Gasteiger partial charge in [0.25, 0.3) is 0 Å². The standard InChI is InChI=1S/C14H21N3S/c1-13-6-16-8-14(2,12(13)15)9-17(7-13)11(16)10-4-3-5-18-10/h3-5,11-12H,6-9,15H2,1-2H3. The van der Waals surface area contributed by atoms with Crippen LogP contribution in [0.3, 0.4) is 0 Å². The van der Waals surface area contributed by atoms with E-state index in [-0.39, 0.29) is 10.8 Å². The molecule has 2 N–H and O–H groups in total. The summed E-state index contributed by atoms with van der Waals surface area (Å²) in [4.78, 5) is 6.80. The van der Waals surface area contributed by atoms with E-state index < -0.39 is 0 Å². The Morgan fingerprint density at radius 3 is 2.17 bits per heavy atom. The van der Waals surface area contributed by atoms with Crippen molar-refractivity contribution in [3.05, 3.63) is 22.4 Å². The molecule has 4 saturated heterocycles. The quantitative estimate of drug-likeness (QED) is 0.837. The molecule has 3 nitrogen and oxygen atoms in total. The maximum absolute atomic E-state index is 6.55. The average molecular weight is 263 g/mol. The van der Waals surface area contributed by atoms with Crippen molar-refractivity contribution in [3.8, 4) is 0 Å². The Morgan fingerprint density at radius 1 is 1.17 bits per heavy atom. The number of hydrogen-bond acceptors (Lipinski definition) is 4. The minimum absolute atomic E-state index is 0.277. The zero-order chi connectivity index (χ0) is 12.5. The summed E-state index contributed by atoms with van der Waals surface area (Å²) in [5.74, 6) is 0. The lowest BCUT2D eigenvalue weighted by Gasteiger charge is -2.68. The summed E-state index contributed by atoms with van der Waals surface area (Å²) < 4.78 is 0. The van der Waals surface area contributed by atoms with Gasteiger partial charge in [0.15, 0.2) is 0 Å². The van der Waals surface area contributed by atoms with E-state index in [2.05, 4.69) is 41.2 Å². The second-order valence-electron chi connectivity index (χ2n) is 6.98. The van der Waals surface area contributed by atoms with Crippen molar-refractivity contribution in [1.82, 2.24) is 9.80 Å². The second-order valence-corrected chi connectivity index (χ2v) is 7.96. The van der Waals surface area contributed by atoms with Crippen molar-refractivity contribution in [2.24, 2.45) is 16.6 Å².